The van der Waals surface area contributed by atoms with Crippen molar-refractivity contribution in [3.05, 3.63) is 18.5 Å². The first-order valence-electron chi connectivity index (χ1n) is 5.99. The van der Waals surface area contributed by atoms with Gasteiger partial charge in [0.2, 0.25) is 5.91 Å². The Morgan fingerprint density at radius 1 is 1.44 bits per heavy atom. The highest BCUT2D eigenvalue weighted by Crippen LogP contribution is 2.04. The van der Waals surface area contributed by atoms with Crippen molar-refractivity contribution in [3.8, 4) is 0 Å². The number of aromatic nitrogens is 2. The molecular formula is C12H19N3O3. The first-order chi connectivity index (χ1) is 8.50. The van der Waals surface area contributed by atoms with Crippen LogP contribution in [0.1, 0.15) is 26.7 Å². The zero-order chi connectivity index (χ0) is 13.5. The quantitative estimate of drug-likeness (QED) is 0.786. The van der Waals surface area contributed by atoms with E-state index in [0.29, 0.717) is 13.0 Å². The van der Waals surface area contributed by atoms with Crippen LogP contribution in [0.5, 0.6) is 0 Å². The molecule has 0 bridgehead atoms. The molecule has 0 saturated carbocycles. The molecule has 0 atom stereocenters. The zero-order valence-electron chi connectivity index (χ0n) is 10.7. The largest absolute Gasteiger partial charge is 0.481 e. The van der Waals surface area contributed by atoms with Crippen LogP contribution in [0.15, 0.2) is 18.5 Å². The van der Waals surface area contributed by atoms with E-state index < -0.39 is 5.97 Å². The van der Waals surface area contributed by atoms with Gasteiger partial charge in [0.25, 0.3) is 0 Å². The normalized spacial score (nSPS) is 10.6. The highest BCUT2D eigenvalue weighted by molar-refractivity contribution is 5.76. The van der Waals surface area contributed by atoms with Crippen molar-refractivity contribution in [1.29, 1.82) is 0 Å². The van der Waals surface area contributed by atoms with E-state index in [1.54, 1.807) is 28.0 Å². The van der Waals surface area contributed by atoms with E-state index in [-0.39, 0.29) is 24.9 Å². The van der Waals surface area contributed by atoms with E-state index in [1.807, 2.05) is 13.8 Å². The van der Waals surface area contributed by atoms with Crippen LogP contribution < -0.4 is 0 Å². The molecule has 1 rings (SSSR count). The molecule has 1 aromatic rings. The predicted molar refractivity (Wildman–Crippen MR) is 65.9 cm³/mol. The second-order valence-corrected chi connectivity index (χ2v) is 4.38. The number of hydrogen-bond donors (Lipinski definition) is 1. The number of carbonyl (C=O) groups is 2. The molecule has 0 fully saturated rings. The molecule has 1 heterocycles. The van der Waals surface area contributed by atoms with Gasteiger partial charge >= 0.3 is 5.97 Å². The molecule has 6 nitrogen and oxygen atoms in total. The molecule has 0 unspecified atom stereocenters. The van der Waals surface area contributed by atoms with E-state index in [9.17, 15) is 9.59 Å². The van der Waals surface area contributed by atoms with Gasteiger partial charge in [0.1, 0.15) is 6.54 Å². The van der Waals surface area contributed by atoms with Crippen molar-refractivity contribution < 1.29 is 14.7 Å². The smallest absolute Gasteiger partial charge is 0.303 e. The molecule has 1 aromatic heterocycles. The number of rotatable bonds is 7. The fraction of sp³-hybridized carbons (Fsp3) is 0.583. The van der Waals surface area contributed by atoms with Gasteiger partial charge in [0, 0.05) is 31.4 Å². The molecule has 0 spiro atoms. The SMILES string of the molecule is CC(C)N(CCCC(=O)O)C(=O)Cn1cccn1. The average molecular weight is 253 g/mol. The Hall–Kier alpha value is -1.85. The van der Waals surface area contributed by atoms with E-state index in [0.717, 1.165) is 0 Å². The van der Waals surface area contributed by atoms with Gasteiger partial charge in [-0.1, -0.05) is 0 Å². The van der Waals surface area contributed by atoms with Crippen molar-refractivity contribution >= 4 is 11.9 Å². The number of amides is 1. The number of hydrogen-bond acceptors (Lipinski definition) is 3. The van der Waals surface area contributed by atoms with Gasteiger partial charge in [-0.3, -0.25) is 14.3 Å². The van der Waals surface area contributed by atoms with Crippen molar-refractivity contribution in [2.45, 2.75) is 39.3 Å². The molecule has 1 N–H and O–H groups in total. The summed E-state index contributed by atoms with van der Waals surface area (Å²) in [6.07, 6.45) is 3.90. The van der Waals surface area contributed by atoms with Gasteiger partial charge in [-0.2, -0.15) is 5.10 Å². The minimum absolute atomic E-state index is 0.0425. The van der Waals surface area contributed by atoms with Crippen molar-refractivity contribution in [3.63, 3.8) is 0 Å². The maximum Gasteiger partial charge on any atom is 0.303 e. The molecule has 0 aromatic carbocycles. The molecule has 0 aliphatic heterocycles. The highest BCUT2D eigenvalue weighted by Gasteiger charge is 2.17. The summed E-state index contributed by atoms with van der Waals surface area (Å²) in [6.45, 7) is 4.49. The molecule has 0 aliphatic carbocycles. The Balaban J connectivity index is 2.50. The topological polar surface area (TPSA) is 75.4 Å². The summed E-state index contributed by atoms with van der Waals surface area (Å²) in [4.78, 5) is 24.2. The Morgan fingerprint density at radius 3 is 2.67 bits per heavy atom. The lowest BCUT2D eigenvalue weighted by atomic mass is 10.2. The van der Waals surface area contributed by atoms with E-state index >= 15 is 0 Å². The third kappa shape index (κ3) is 4.57. The van der Waals surface area contributed by atoms with Crippen LogP contribution >= 0.6 is 0 Å². The van der Waals surface area contributed by atoms with Crippen LogP contribution in [-0.4, -0.2) is 44.3 Å². The first-order valence-corrected chi connectivity index (χ1v) is 5.99. The van der Waals surface area contributed by atoms with Crippen LogP contribution in [0.25, 0.3) is 0 Å². The zero-order valence-corrected chi connectivity index (χ0v) is 10.7. The van der Waals surface area contributed by atoms with Gasteiger partial charge in [0.15, 0.2) is 0 Å². The molecule has 0 aliphatic rings. The van der Waals surface area contributed by atoms with Crippen LogP contribution in [0.3, 0.4) is 0 Å². The van der Waals surface area contributed by atoms with E-state index in [4.69, 9.17) is 5.11 Å². The lowest BCUT2D eigenvalue weighted by Gasteiger charge is -2.26. The Kier molecular flexibility index (Phi) is 5.35. The second kappa shape index (κ2) is 6.78. The Labute approximate surface area is 106 Å². The molecular weight excluding hydrogens is 234 g/mol. The maximum atomic E-state index is 12.0. The van der Waals surface area contributed by atoms with Gasteiger partial charge in [-0.25, -0.2) is 0 Å². The summed E-state index contributed by atoms with van der Waals surface area (Å²) in [7, 11) is 0. The summed E-state index contributed by atoms with van der Waals surface area (Å²) in [6, 6.07) is 1.82. The number of carboxylic acid groups (broad SMARTS) is 1. The number of aliphatic carboxylic acids is 1. The van der Waals surface area contributed by atoms with E-state index in [2.05, 4.69) is 5.10 Å². The van der Waals surface area contributed by atoms with Gasteiger partial charge < -0.3 is 10.0 Å². The second-order valence-electron chi connectivity index (χ2n) is 4.38. The Morgan fingerprint density at radius 2 is 2.17 bits per heavy atom. The van der Waals surface area contributed by atoms with Crippen molar-refractivity contribution in [2.24, 2.45) is 0 Å². The third-order valence-corrected chi connectivity index (χ3v) is 2.59. The summed E-state index contributed by atoms with van der Waals surface area (Å²) in [5, 5.41) is 12.6. The maximum absolute atomic E-state index is 12.0. The summed E-state index contributed by atoms with van der Waals surface area (Å²) >= 11 is 0. The molecule has 100 valence electrons. The minimum atomic E-state index is -0.835. The first kappa shape index (κ1) is 14.2. The summed E-state index contributed by atoms with van der Waals surface area (Å²) in [5.74, 6) is -0.877. The molecule has 0 radical (unpaired) electrons. The standard InChI is InChI=1S/C12H19N3O3/c1-10(2)15(8-3-5-12(17)18)11(16)9-14-7-4-6-13-14/h4,6-7,10H,3,5,8-9H2,1-2H3,(H,17,18). The average Bonchev–Trinajstić information content (AvgIpc) is 2.75. The highest BCUT2D eigenvalue weighted by atomic mass is 16.4. The fourth-order valence-corrected chi connectivity index (χ4v) is 1.69. The fourth-order valence-electron chi connectivity index (χ4n) is 1.69. The molecule has 0 saturated heterocycles. The van der Waals surface area contributed by atoms with Crippen molar-refractivity contribution in [2.75, 3.05) is 6.54 Å². The van der Waals surface area contributed by atoms with Gasteiger partial charge in [0.05, 0.1) is 0 Å². The third-order valence-electron chi connectivity index (χ3n) is 2.59. The lowest BCUT2D eigenvalue weighted by Crippen LogP contribution is -2.40. The number of nitrogens with zero attached hydrogens (tertiary/aromatic N) is 3. The monoisotopic (exact) mass is 253 g/mol. The van der Waals surface area contributed by atoms with E-state index in [1.165, 1.54) is 0 Å². The minimum Gasteiger partial charge on any atom is -0.481 e. The Bertz CT molecular complexity index is 387. The van der Waals surface area contributed by atoms with Crippen LogP contribution in [0.4, 0.5) is 0 Å². The summed E-state index contributed by atoms with van der Waals surface area (Å²) in [5.41, 5.74) is 0. The summed E-state index contributed by atoms with van der Waals surface area (Å²) < 4.78 is 1.56. The van der Waals surface area contributed by atoms with Crippen molar-refractivity contribution in [1.82, 2.24) is 14.7 Å². The van der Waals surface area contributed by atoms with Gasteiger partial charge in [-0.15, -0.1) is 0 Å². The van der Waals surface area contributed by atoms with Gasteiger partial charge in [-0.05, 0) is 26.3 Å². The lowest BCUT2D eigenvalue weighted by molar-refractivity contribution is -0.138. The van der Waals surface area contributed by atoms with Crippen LogP contribution in [-0.2, 0) is 16.1 Å². The molecule has 18 heavy (non-hydrogen) atoms. The number of carboxylic acids is 1. The molecule has 1 amide bonds. The predicted octanol–water partition coefficient (Wildman–Crippen LogP) is 0.985. The van der Waals surface area contributed by atoms with Crippen LogP contribution in [0, 0.1) is 0 Å². The number of carbonyl (C=O) groups excluding carboxylic acids is 1. The van der Waals surface area contributed by atoms with Crippen LogP contribution in [0.2, 0.25) is 0 Å². The molecule has 6 heteroatoms.